The van der Waals surface area contributed by atoms with E-state index in [-0.39, 0.29) is 11.7 Å². The molecule has 1 aromatic carbocycles. The van der Waals surface area contributed by atoms with Crippen LogP contribution in [0.4, 0.5) is 4.39 Å². The van der Waals surface area contributed by atoms with Crippen molar-refractivity contribution in [3.63, 3.8) is 0 Å². The molecule has 0 spiro atoms. The maximum absolute atomic E-state index is 13.2. The summed E-state index contributed by atoms with van der Waals surface area (Å²) in [5.74, 6) is -0.833. The van der Waals surface area contributed by atoms with E-state index in [4.69, 9.17) is 0 Å². The van der Waals surface area contributed by atoms with E-state index < -0.39 is 11.4 Å². The van der Waals surface area contributed by atoms with Gasteiger partial charge in [0.1, 0.15) is 5.82 Å². The van der Waals surface area contributed by atoms with Crippen molar-refractivity contribution in [3.8, 4) is 0 Å². The second kappa shape index (κ2) is 4.13. The molecule has 1 aromatic rings. The minimum absolute atomic E-state index is 0.239. The van der Waals surface area contributed by atoms with E-state index in [9.17, 15) is 14.3 Å². The smallest absolute Gasteiger partial charge is 0.309 e. The van der Waals surface area contributed by atoms with E-state index >= 15 is 0 Å². The van der Waals surface area contributed by atoms with Gasteiger partial charge in [0, 0.05) is 0 Å². The Kier molecular flexibility index (Phi) is 2.94. The van der Waals surface area contributed by atoms with Crippen molar-refractivity contribution in [3.05, 3.63) is 35.1 Å². The first-order chi connectivity index (χ1) is 7.93. The van der Waals surface area contributed by atoms with Gasteiger partial charge in [-0.05, 0) is 62.3 Å². The van der Waals surface area contributed by atoms with Crippen molar-refractivity contribution < 1.29 is 14.3 Å². The number of carboxylic acids is 1. The molecule has 0 amide bonds. The Morgan fingerprint density at radius 2 is 2.18 bits per heavy atom. The van der Waals surface area contributed by atoms with E-state index in [0.717, 1.165) is 24.0 Å². The van der Waals surface area contributed by atoms with Gasteiger partial charge in [-0.3, -0.25) is 4.79 Å². The fourth-order valence-corrected chi connectivity index (χ4v) is 2.34. The zero-order valence-corrected chi connectivity index (χ0v) is 10.2. The van der Waals surface area contributed by atoms with Gasteiger partial charge in [-0.25, -0.2) is 4.39 Å². The number of aliphatic carboxylic acids is 1. The van der Waals surface area contributed by atoms with Crippen LogP contribution in [-0.4, -0.2) is 11.1 Å². The van der Waals surface area contributed by atoms with Crippen LogP contribution in [0.15, 0.2) is 18.2 Å². The summed E-state index contributed by atoms with van der Waals surface area (Å²) in [4.78, 5) is 11.4. The number of rotatable bonds is 4. The molecular formula is C14H17FO2. The highest BCUT2D eigenvalue weighted by Crippen LogP contribution is 2.47. The van der Waals surface area contributed by atoms with Crippen LogP contribution in [0.2, 0.25) is 0 Å². The van der Waals surface area contributed by atoms with E-state index in [2.05, 4.69) is 0 Å². The largest absolute Gasteiger partial charge is 0.481 e. The lowest BCUT2D eigenvalue weighted by Gasteiger charge is -2.25. The molecule has 1 aliphatic rings. The van der Waals surface area contributed by atoms with Gasteiger partial charge in [0.25, 0.3) is 0 Å². The molecule has 0 saturated heterocycles. The van der Waals surface area contributed by atoms with Crippen LogP contribution in [0.3, 0.4) is 0 Å². The van der Waals surface area contributed by atoms with E-state index in [0.29, 0.717) is 6.42 Å². The quantitative estimate of drug-likeness (QED) is 0.871. The lowest BCUT2D eigenvalue weighted by molar-refractivity contribution is -0.149. The van der Waals surface area contributed by atoms with Crippen LogP contribution in [-0.2, 0) is 11.2 Å². The van der Waals surface area contributed by atoms with Crippen molar-refractivity contribution >= 4 is 5.97 Å². The third-order valence-corrected chi connectivity index (χ3v) is 3.84. The monoisotopic (exact) mass is 236 g/mol. The molecule has 0 aromatic heterocycles. The van der Waals surface area contributed by atoms with Gasteiger partial charge in [-0.1, -0.05) is 6.07 Å². The first-order valence-electron chi connectivity index (χ1n) is 5.92. The highest BCUT2D eigenvalue weighted by atomic mass is 19.1. The average molecular weight is 236 g/mol. The zero-order chi connectivity index (χ0) is 12.6. The molecule has 1 unspecified atom stereocenters. The molecule has 0 aliphatic heterocycles. The third-order valence-electron chi connectivity index (χ3n) is 3.84. The average Bonchev–Trinajstić information content (AvgIpc) is 3.06. The Hall–Kier alpha value is -1.38. The predicted molar refractivity (Wildman–Crippen MR) is 63.3 cm³/mol. The van der Waals surface area contributed by atoms with Gasteiger partial charge >= 0.3 is 5.97 Å². The van der Waals surface area contributed by atoms with Crippen molar-refractivity contribution in [2.75, 3.05) is 0 Å². The van der Waals surface area contributed by atoms with Gasteiger partial charge in [0.05, 0.1) is 5.41 Å². The highest BCUT2D eigenvalue weighted by Gasteiger charge is 2.47. The molecule has 1 saturated carbocycles. The molecule has 0 radical (unpaired) electrons. The molecule has 1 aliphatic carbocycles. The summed E-state index contributed by atoms with van der Waals surface area (Å²) < 4.78 is 13.2. The van der Waals surface area contributed by atoms with E-state index in [1.54, 1.807) is 13.0 Å². The number of hydrogen-bond acceptors (Lipinski definition) is 1. The van der Waals surface area contributed by atoms with Gasteiger partial charge in [0.2, 0.25) is 0 Å². The molecule has 2 nitrogen and oxygen atoms in total. The summed E-state index contributed by atoms with van der Waals surface area (Å²) in [6.07, 6.45) is 2.35. The SMILES string of the molecule is Cc1ccc(F)cc1CC(C)(C(=O)O)C1CC1. The minimum atomic E-state index is -0.774. The fourth-order valence-electron chi connectivity index (χ4n) is 2.34. The zero-order valence-electron chi connectivity index (χ0n) is 10.2. The second-order valence-corrected chi connectivity index (χ2v) is 5.24. The van der Waals surface area contributed by atoms with E-state index in [1.807, 2.05) is 6.92 Å². The summed E-state index contributed by atoms with van der Waals surface area (Å²) in [5, 5.41) is 9.37. The van der Waals surface area contributed by atoms with Crippen molar-refractivity contribution in [1.29, 1.82) is 0 Å². The molecule has 0 heterocycles. The normalized spacial score (nSPS) is 18.8. The molecule has 17 heavy (non-hydrogen) atoms. The molecule has 92 valence electrons. The summed E-state index contributed by atoms with van der Waals surface area (Å²) in [6, 6.07) is 4.58. The van der Waals surface area contributed by atoms with Crippen LogP contribution in [0.5, 0.6) is 0 Å². The number of halogens is 1. The van der Waals surface area contributed by atoms with Crippen LogP contribution in [0.25, 0.3) is 0 Å². The third kappa shape index (κ3) is 2.33. The lowest BCUT2D eigenvalue weighted by Crippen LogP contribution is -2.32. The van der Waals surface area contributed by atoms with Crippen LogP contribution in [0, 0.1) is 24.1 Å². The highest BCUT2D eigenvalue weighted by molar-refractivity contribution is 5.75. The molecule has 1 fully saturated rings. The van der Waals surface area contributed by atoms with Crippen LogP contribution in [0.1, 0.15) is 30.9 Å². The number of carboxylic acid groups (broad SMARTS) is 1. The maximum atomic E-state index is 13.2. The first-order valence-corrected chi connectivity index (χ1v) is 5.92. The standard InChI is InChI=1S/C14H17FO2/c1-9-3-6-12(15)7-10(9)8-14(2,13(16)17)11-4-5-11/h3,6-7,11H,4-5,8H2,1-2H3,(H,16,17). The summed E-state index contributed by atoms with van der Waals surface area (Å²) in [5.41, 5.74) is 1.01. The Balaban J connectivity index is 2.29. The molecule has 2 rings (SSSR count). The van der Waals surface area contributed by atoms with E-state index in [1.165, 1.54) is 12.1 Å². The van der Waals surface area contributed by atoms with Crippen LogP contribution >= 0.6 is 0 Å². The number of hydrogen-bond donors (Lipinski definition) is 1. The molecule has 0 bridgehead atoms. The molecule has 1 atom stereocenters. The minimum Gasteiger partial charge on any atom is -0.481 e. The first kappa shape index (κ1) is 12.1. The number of aryl methyl sites for hydroxylation is 1. The number of carbonyl (C=O) groups is 1. The molecule has 1 N–H and O–H groups in total. The number of benzene rings is 1. The van der Waals surface area contributed by atoms with Gasteiger partial charge in [-0.15, -0.1) is 0 Å². The summed E-state index contributed by atoms with van der Waals surface area (Å²) in [7, 11) is 0. The fraction of sp³-hybridized carbons (Fsp3) is 0.500. The lowest BCUT2D eigenvalue weighted by atomic mass is 9.78. The second-order valence-electron chi connectivity index (χ2n) is 5.24. The van der Waals surface area contributed by atoms with Gasteiger partial charge in [0.15, 0.2) is 0 Å². The summed E-state index contributed by atoms with van der Waals surface area (Å²) in [6.45, 7) is 3.67. The predicted octanol–water partition coefficient (Wildman–Crippen LogP) is 3.18. The van der Waals surface area contributed by atoms with Gasteiger partial charge < -0.3 is 5.11 Å². The van der Waals surface area contributed by atoms with Crippen molar-refractivity contribution in [2.45, 2.75) is 33.1 Å². The molecule has 3 heteroatoms. The maximum Gasteiger partial charge on any atom is 0.309 e. The van der Waals surface area contributed by atoms with Crippen LogP contribution < -0.4 is 0 Å². The van der Waals surface area contributed by atoms with Crippen molar-refractivity contribution in [2.24, 2.45) is 11.3 Å². The van der Waals surface area contributed by atoms with Crippen molar-refractivity contribution in [1.82, 2.24) is 0 Å². The topological polar surface area (TPSA) is 37.3 Å². The Bertz CT molecular complexity index is 452. The molecular weight excluding hydrogens is 219 g/mol. The summed E-state index contributed by atoms with van der Waals surface area (Å²) >= 11 is 0. The van der Waals surface area contributed by atoms with Gasteiger partial charge in [-0.2, -0.15) is 0 Å². The Morgan fingerprint density at radius 3 is 2.71 bits per heavy atom. The Morgan fingerprint density at radius 1 is 1.53 bits per heavy atom. The Labute approximate surface area is 100 Å².